The number of hydrogen-bond acceptors (Lipinski definition) is 4. The topological polar surface area (TPSA) is 48.5 Å². The van der Waals surface area contributed by atoms with Gasteiger partial charge >= 0.3 is 0 Å². The van der Waals surface area contributed by atoms with Gasteiger partial charge in [0, 0.05) is 26.2 Å². The van der Waals surface area contributed by atoms with Crippen LogP contribution in [0.1, 0.15) is 12.5 Å². The van der Waals surface area contributed by atoms with E-state index in [1.807, 2.05) is 42.5 Å². The van der Waals surface area contributed by atoms with Gasteiger partial charge in [0.15, 0.2) is 0 Å². The zero-order chi connectivity index (χ0) is 16.8. The van der Waals surface area contributed by atoms with Crippen molar-refractivity contribution in [3.05, 3.63) is 54.2 Å². The molecule has 0 bridgehead atoms. The molecular weight excluding hydrogens is 300 g/mol. The molecule has 0 radical (unpaired) electrons. The third-order valence-electron chi connectivity index (χ3n) is 4.38. The first kappa shape index (κ1) is 16.5. The summed E-state index contributed by atoms with van der Waals surface area (Å²) in [6.45, 7) is 7.46. The Hall–Kier alpha value is -2.40. The fourth-order valence-corrected chi connectivity index (χ4v) is 2.93. The molecule has 1 N–H and O–H groups in total. The van der Waals surface area contributed by atoms with Gasteiger partial charge in [0.1, 0.15) is 5.82 Å². The van der Waals surface area contributed by atoms with Crippen LogP contribution in [-0.4, -0.2) is 48.5 Å². The highest BCUT2D eigenvalue weighted by molar-refractivity contribution is 5.92. The first-order chi connectivity index (χ1) is 11.7. The summed E-state index contributed by atoms with van der Waals surface area (Å²) < 4.78 is 0. The molecule has 1 aliphatic rings. The van der Waals surface area contributed by atoms with Crippen LogP contribution in [0, 0.1) is 0 Å². The molecule has 1 fully saturated rings. The highest BCUT2D eigenvalue weighted by atomic mass is 16.1. The second-order valence-corrected chi connectivity index (χ2v) is 6.04. The molecule has 1 aromatic carbocycles. The molecule has 0 saturated carbocycles. The lowest BCUT2D eigenvalue weighted by atomic mass is 10.1. The van der Waals surface area contributed by atoms with Crippen LogP contribution in [0.5, 0.6) is 0 Å². The summed E-state index contributed by atoms with van der Waals surface area (Å²) in [4.78, 5) is 21.3. The standard InChI is InChI=1S/C19H24N4O/c1-2-22-10-12-23(13-11-22)18-9-8-17(15-20-18)21-19(24)14-16-6-4-3-5-7-16/h3-9,15H,2,10-14H2,1H3,(H,21,24). The fourth-order valence-electron chi connectivity index (χ4n) is 2.93. The van der Waals surface area contributed by atoms with E-state index in [0.29, 0.717) is 6.42 Å². The second kappa shape index (κ2) is 7.93. The molecule has 5 nitrogen and oxygen atoms in total. The van der Waals surface area contributed by atoms with Crippen LogP contribution in [0.2, 0.25) is 0 Å². The van der Waals surface area contributed by atoms with Gasteiger partial charge in [-0.2, -0.15) is 0 Å². The number of carbonyl (C=O) groups excluding carboxylic acids is 1. The minimum Gasteiger partial charge on any atom is -0.354 e. The Morgan fingerprint density at radius 1 is 1.08 bits per heavy atom. The van der Waals surface area contributed by atoms with Gasteiger partial charge in [-0.1, -0.05) is 37.3 Å². The highest BCUT2D eigenvalue weighted by Crippen LogP contribution is 2.16. The number of likely N-dealkylation sites (N-methyl/N-ethyl adjacent to an activating group) is 1. The SMILES string of the molecule is CCN1CCN(c2ccc(NC(=O)Cc3ccccc3)cn2)CC1. The number of nitrogens with zero attached hydrogens (tertiary/aromatic N) is 3. The Kier molecular flexibility index (Phi) is 5.43. The molecule has 0 atom stereocenters. The summed E-state index contributed by atoms with van der Waals surface area (Å²) in [5.74, 6) is 0.958. The summed E-state index contributed by atoms with van der Waals surface area (Å²) in [5.41, 5.74) is 1.75. The smallest absolute Gasteiger partial charge is 0.228 e. The Morgan fingerprint density at radius 3 is 2.46 bits per heavy atom. The van der Waals surface area contributed by atoms with Gasteiger partial charge in [-0.15, -0.1) is 0 Å². The minimum absolute atomic E-state index is 0.0210. The molecule has 3 rings (SSSR count). The fraction of sp³-hybridized carbons (Fsp3) is 0.368. The van der Waals surface area contributed by atoms with Crippen molar-refractivity contribution in [2.45, 2.75) is 13.3 Å². The number of aromatic nitrogens is 1. The number of amides is 1. The zero-order valence-electron chi connectivity index (χ0n) is 14.1. The Balaban J connectivity index is 1.54. The number of carbonyl (C=O) groups is 1. The molecule has 1 amide bonds. The summed E-state index contributed by atoms with van der Waals surface area (Å²) in [6.07, 6.45) is 2.12. The Labute approximate surface area is 143 Å². The molecule has 0 aliphatic carbocycles. The van der Waals surface area contributed by atoms with E-state index in [1.165, 1.54) is 0 Å². The monoisotopic (exact) mass is 324 g/mol. The molecule has 0 spiro atoms. The van der Waals surface area contributed by atoms with Crippen LogP contribution < -0.4 is 10.2 Å². The van der Waals surface area contributed by atoms with Crippen LogP contribution in [0.15, 0.2) is 48.7 Å². The van der Waals surface area contributed by atoms with Crippen LogP contribution in [-0.2, 0) is 11.2 Å². The molecule has 1 aromatic heterocycles. The number of benzene rings is 1. The molecule has 1 aliphatic heterocycles. The van der Waals surface area contributed by atoms with E-state index in [0.717, 1.165) is 49.8 Å². The minimum atomic E-state index is -0.0210. The van der Waals surface area contributed by atoms with Gasteiger partial charge in [-0.05, 0) is 24.2 Å². The summed E-state index contributed by atoms with van der Waals surface area (Å²) >= 11 is 0. The van der Waals surface area contributed by atoms with E-state index in [2.05, 4.69) is 27.0 Å². The lowest BCUT2D eigenvalue weighted by Crippen LogP contribution is -2.46. The van der Waals surface area contributed by atoms with E-state index < -0.39 is 0 Å². The average Bonchev–Trinajstić information content (AvgIpc) is 2.63. The molecule has 126 valence electrons. The van der Waals surface area contributed by atoms with Crippen molar-refractivity contribution in [1.29, 1.82) is 0 Å². The van der Waals surface area contributed by atoms with E-state index in [-0.39, 0.29) is 5.91 Å². The Morgan fingerprint density at radius 2 is 1.83 bits per heavy atom. The van der Waals surface area contributed by atoms with E-state index in [9.17, 15) is 4.79 Å². The maximum absolute atomic E-state index is 12.1. The van der Waals surface area contributed by atoms with Crippen LogP contribution in [0.25, 0.3) is 0 Å². The molecule has 24 heavy (non-hydrogen) atoms. The number of pyridine rings is 1. The normalized spacial score (nSPS) is 15.3. The summed E-state index contributed by atoms with van der Waals surface area (Å²) in [7, 11) is 0. The van der Waals surface area contributed by atoms with Gasteiger partial charge in [0.25, 0.3) is 0 Å². The van der Waals surface area contributed by atoms with Crippen molar-refractivity contribution < 1.29 is 4.79 Å². The van der Waals surface area contributed by atoms with Crippen molar-refractivity contribution in [1.82, 2.24) is 9.88 Å². The number of rotatable bonds is 5. The van der Waals surface area contributed by atoms with E-state index in [4.69, 9.17) is 0 Å². The largest absolute Gasteiger partial charge is 0.354 e. The molecule has 5 heteroatoms. The van der Waals surface area contributed by atoms with Gasteiger partial charge in [0.05, 0.1) is 18.3 Å². The first-order valence-electron chi connectivity index (χ1n) is 8.51. The zero-order valence-corrected chi connectivity index (χ0v) is 14.1. The van der Waals surface area contributed by atoms with Gasteiger partial charge in [0.2, 0.25) is 5.91 Å². The van der Waals surface area contributed by atoms with Gasteiger partial charge in [-0.3, -0.25) is 4.79 Å². The second-order valence-electron chi connectivity index (χ2n) is 6.04. The van der Waals surface area contributed by atoms with E-state index in [1.54, 1.807) is 6.20 Å². The third kappa shape index (κ3) is 4.32. The number of hydrogen-bond donors (Lipinski definition) is 1. The molecule has 1 saturated heterocycles. The predicted molar refractivity (Wildman–Crippen MR) is 97.3 cm³/mol. The van der Waals surface area contributed by atoms with Crippen molar-refractivity contribution >= 4 is 17.4 Å². The van der Waals surface area contributed by atoms with Gasteiger partial charge in [-0.25, -0.2) is 4.98 Å². The maximum Gasteiger partial charge on any atom is 0.228 e. The number of nitrogens with one attached hydrogen (secondary N) is 1. The molecule has 2 aromatic rings. The van der Waals surface area contributed by atoms with Crippen molar-refractivity contribution in [3.63, 3.8) is 0 Å². The average molecular weight is 324 g/mol. The quantitative estimate of drug-likeness (QED) is 0.917. The third-order valence-corrected chi connectivity index (χ3v) is 4.38. The van der Waals surface area contributed by atoms with Crippen molar-refractivity contribution in [2.75, 3.05) is 42.9 Å². The van der Waals surface area contributed by atoms with Crippen LogP contribution in [0.3, 0.4) is 0 Å². The first-order valence-corrected chi connectivity index (χ1v) is 8.51. The van der Waals surface area contributed by atoms with E-state index >= 15 is 0 Å². The molecule has 2 heterocycles. The molecule has 0 unspecified atom stereocenters. The summed E-state index contributed by atoms with van der Waals surface area (Å²) in [5, 5.41) is 2.91. The maximum atomic E-state index is 12.1. The predicted octanol–water partition coefficient (Wildman–Crippen LogP) is 2.40. The highest BCUT2D eigenvalue weighted by Gasteiger charge is 2.16. The van der Waals surface area contributed by atoms with Crippen molar-refractivity contribution in [3.8, 4) is 0 Å². The van der Waals surface area contributed by atoms with Crippen LogP contribution in [0.4, 0.5) is 11.5 Å². The van der Waals surface area contributed by atoms with Gasteiger partial charge < -0.3 is 15.1 Å². The lowest BCUT2D eigenvalue weighted by molar-refractivity contribution is -0.115. The lowest BCUT2D eigenvalue weighted by Gasteiger charge is -2.34. The van der Waals surface area contributed by atoms with Crippen LogP contribution >= 0.6 is 0 Å². The number of piperazine rings is 1. The molecular formula is C19H24N4O. The summed E-state index contributed by atoms with van der Waals surface area (Å²) in [6, 6.07) is 13.7. The Bertz CT molecular complexity index is 649. The van der Waals surface area contributed by atoms with Crippen molar-refractivity contribution in [2.24, 2.45) is 0 Å². The number of anilines is 2.